The zero-order valence-electron chi connectivity index (χ0n) is 15.0. The number of nitrogens with one attached hydrogen (secondary N) is 1. The molecule has 1 fully saturated rings. The minimum absolute atomic E-state index is 0.0887. The molecule has 3 rings (SSSR count). The minimum atomic E-state index is -0.187. The Morgan fingerprint density at radius 2 is 2.12 bits per heavy atom. The Labute approximate surface area is 157 Å². The highest BCUT2D eigenvalue weighted by atomic mass is 32.2. The van der Waals surface area contributed by atoms with Crippen LogP contribution in [0.2, 0.25) is 0 Å². The van der Waals surface area contributed by atoms with Gasteiger partial charge in [0.15, 0.2) is 5.82 Å². The van der Waals surface area contributed by atoms with Gasteiger partial charge in [0, 0.05) is 12.6 Å². The fourth-order valence-corrected chi connectivity index (χ4v) is 3.97. The number of likely N-dealkylation sites (tertiary alicyclic amines) is 1. The Morgan fingerprint density at radius 3 is 2.85 bits per heavy atom. The second-order valence-corrected chi connectivity index (χ2v) is 7.45. The summed E-state index contributed by atoms with van der Waals surface area (Å²) in [6.07, 6.45) is 2.01. The molecule has 1 aliphatic heterocycles. The lowest BCUT2D eigenvalue weighted by atomic mass is 9.99. The summed E-state index contributed by atoms with van der Waals surface area (Å²) >= 11 is 1.32. The molecule has 2 aromatic rings. The Hall–Kier alpha value is -2.28. The van der Waals surface area contributed by atoms with Crippen LogP contribution < -0.4 is 5.32 Å². The average molecular weight is 373 g/mol. The molecule has 0 radical (unpaired) electrons. The van der Waals surface area contributed by atoms with Crippen LogP contribution in [-0.4, -0.2) is 39.9 Å². The second kappa shape index (κ2) is 8.40. The number of hydrogen-bond acceptors (Lipinski definition) is 5. The molecule has 7 heteroatoms. The number of amides is 2. The van der Waals surface area contributed by atoms with Crippen LogP contribution in [0.3, 0.4) is 0 Å². The molecular weight excluding hydrogens is 350 g/mol. The SMILES string of the molecule is Cc1cc(NC(=O)CSCC(=O)N2CCCC2c2ccccc2C)no1. The quantitative estimate of drug-likeness (QED) is 0.841. The van der Waals surface area contributed by atoms with Crippen LogP contribution >= 0.6 is 11.8 Å². The van der Waals surface area contributed by atoms with E-state index in [2.05, 4.69) is 29.5 Å². The fraction of sp³-hybridized carbons (Fsp3) is 0.421. The summed E-state index contributed by atoms with van der Waals surface area (Å²) in [5, 5.41) is 6.38. The number of anilines is 1. The number of aryl methyl sites for hydroxylation is 2. The molecule has 1 aromatic carbocycles. The topological polar surface area (TPSA) is 75.4 Å². The molecule has 6 nitrogen and oxygen atoms in total. The zero-order chi connectivity index (χ0) is 18.5. The van der Waals surface area contributed by atoms with Gasteiger partial charge in [-0.1, -0.05) is 29.4 Å². The lowest BCUT2D eigenvalue weighted by Crippen LogP contribution is -2.32. The molecule has 138 valence electrons. The first-order chi connectivity index (χ1) is 12.5. The van der Waals surface area contributed by atoms with Gasteiger partial charge in [0.05, 0.1) is 17.5 Å². The third-order valence-corrected chi connectivity index (χ3v) is 5.39. The Balaban J connectivity index is 1.50. The van der Waals surface area contributed by atoms with E-state index in [9.17, 15) is 9.59 Å². The lowest BCUT2D eigenvalue weighted by molar-refractivity contribution is -0.129. The van der Waals surface area contributed by atoms with E-state index in [4.69, 9.17) is 4.52 Å². The van der Waals surface area contributed by atoms with E-state index in [1.54, 1.807) is 13.0 Å². The maximum atomic E-state index is 12.6. The largest absolute Gasteiger partial charge is 0.360 e. The van der Waals surface area contributed by atoms with Crippen LogP contribution in [0, 0.1) is 13.8 Å². The van der Waals surface area contributed by atoms with E-state index in [-0.39, 0.29) is 23.6 Å². The van der Waals surface area contributed by atoms with Crippen molar-refractivity contribution in [1.82, 2.24) is 10.1 Å². The molecule has 1 atom stereocenters. The monoisotopic (exact) mass is 373 g/mol. The summed E-state index contributed by atoms with van der Waals surface area (Å²) < 4.78 is 4.91. The summed E-state index contributed by atoms with van der Waals surface area (Å²) in [6.45, 7) is 4.63. The molecule has 1 aliphatic rings. The van der Waals surface area contributed by atoms with Crippen molar-refractivity contribution in [3.63, 3.8) is 0 Å². The predicted octanol–water partition coefficient (Wildman–Crippen LogP) is 3.33. The normalized spacial score (nSPS) is 16.7. The van der Waals surface area contributed by atoms with Gasteiger partial charge in [-0.25, -0.2) is 0 Å². The van der Waals surface area contributed by atoms with Gasteiger partial charge in [-0.15, -0.1) is 11.8 Å². The van der Waals surface area contributed by atoms with E-state index >= 15 is 0 Å². The van der Waals surface area contributed by atoms with Gasteiger partial charge in [-0.3, -0.25) is 9.59 Å². The molecule has 0 bridgehead atoms. The lowest BCUT2D eigenvalue weighted by Gasteiger charge is -2.26. The molecule has 1 N–H and O–H groups in total. The summed E-state index contributed by atoms with van der Waals surface area (Å²) in [7, 11) is 0. The summed E-state index contributed by atoms with van der Waals surface area (Å²) in [4.78, 5) is 26.5. The van der Waals surface area contributed by atoms with Crippen molar-refractivity contribution in [1.29, 1.82) is 0 Å². The Morgan fingerprint density at radius 1 is 1.31 bits per heavy atom. The number of rotatable bonds is 6. The highest BCUT2D eigenvalue weighted by Crippen LogP contribution is 2.34. The number of carbonyl (C=O) groups excluding carboxylic acids is 2. The van der Waals surface area contributed by atoms with Crippen molar-refractivity contribution in [2.75, 3.05) is 23.4 Å². The number of carbonyl (C=O) groups is 2. The van der Waals surface area contributed by atoms with Gasteiger partial charge in [-0.05, 0) is 37.8 Å². The second-order valence-electron chi connectivity index (χ2n) is 6.47. The van der Waals surface area contributed by atoms with Gasteiger partial charge in [0.2, 0.25) is 11.8 Å². The first-order valence-corrected chi connectivity index (χ1v) is 9.86. The Bertz CT molecular complexity index is 790. The molecular formula is C19H23N3O3S. The molecule has 1 aromatic heterocycles. The van der Waals surface area contributed by atoms with Crippen LogP contribution in [0.1, 0.15) is 35.8 Å². The molecule has 0 saturated carbocycles. The predicted molar refractivity (Wildman–Crippen MR) is 102 cm³/mol. The van der Waals surface area contributed by atoms with E-state index < -0.39 is 0 Å². The van der Waals surface area contributed by atoms with E-state index in [0.717, 1.165) is 19.4 Å². The van der Waals surface area contributed by atoms with Crippen molar-refractivity contribution < 1.29 is 14.1 Å². The molecule has 1 saturated heterocycles. The van der Waals surface area contributed by atoms with E-state index in [1.165, 1.54) is 22.9 Å². The summed E-state index contributed by atoms with van der Waals surface area (Å²) in [5.74, 6) is 1.45. The number of hydrogen-bond donors (Lipinski definition) is 1. The molecule has 2 heterocycles. The highest BCUT2D eigenvalue weighted by molar-refractivity contribution is 8.00. The molecule has 1 unspecified atom stereocenters. The number of nitrogens with zero attached hydrogens (tertiary/aromatic N) is 2. The standard InChI is InChI=1S/C19H23N3O3S/c1-13-6-3-4-7-15(13)16-8-5-9-22(16)19(24)12-26-11-18(23)20-17-10-14(2)25-21-17/h3-4,6-7,10,16H,5,8-9,11-12H2,1-2H3,(H,20,21,23). The van der Waals surface area contributed by atoms with Crippen molar-refractivity contribution in [3.05, 3.63) is 47.2 Å². The first-order valence-electron chi connectivity index (χ1n) is 8.70. The highest BCUT2D eigenvalue weighted by Gasteiger charge is 2.30. The first kappa shape index (κ1) is 18.5. The Kier molecular flexibility index (Phi) is 5.98. The van der Waals surface area contributed by atoms with Gasteiger partial charge in [0.25, 0.3) is 0 Å². The summed E-state index contributed by atoms with van der Waals surface area (Å²) in [6, 6.07) is 10.0. The average Bonchev–Trinajstić information content (AvgIpc) is 3.24. The molecule has 0 spiro atoms. The van der Waals surface area contributed by atoms with Gasteiger partial charge in [-0.2, -0.15) is 0 Å². The van der Waals surface area contributed by atoms with Crippen LogP contribution in [0.15, 0.2) is 34.9 Å². The maximum Gasteiger partial charge on any atom is 0.235 e. The molecule has 0 aliphatic carbocycles. The van der Waals surface area contributed by atoms with Gasteiger partial charge >= 0.3 is 0 Å². The van der Waals surface area contributed by atoms with Crippen LogP contribution in [0.5, 0.6) is 0 Å². The fourth-order valence-electron chi connectivity index (χ4n) is 3.27. The number of benzene rings is 1. The number of aromatic nitrogens is 1. The van der Waals surface area contributed by atoms with Crippen LogP contribution in [0.4, 0.5) is 5.82 Å². The minimum Gasteiger partial charge on any atom is -0.360 e. The third-order valence-electron chi connectivity index (χ3n) is 4.47. The van der Waals surface area contributed by atoms with Crippen LogP contribution in [-0.2, 0) is 9.59 Å². The van der Waals surface area contributed by atoms with Crippen molar-refractivity contribution in [3.8, 4) is 0 Å². The van der Waals surface area contributed by atoms with Crippen LogP contribution in [0.25, 0.3) is 0 Å². The van der Waals surface area contributed by atoms with Gasteiger partial charge < -0.3 is 14.7 Å². The molecule has 26 heavy (non-hydrogen) atoms. The van der Waals surface area contributed by atoms with E-state index in [1.807, 2.05) is 17.0 Å². The van der Waals surface area contributed by atoms with Crippen molar-refractivity contribution in [2.45, 2.75) is 32.7 Å². The third kappa shape index (κ3) is 4.46. The number of thioether (sulfide) groups is 1. The zero-order valence-corrected chi connectivity index (χ0v) is 15.8. The maximum absolute atomic E-state index is 12.6. The van der Waals surface area contributed by atoms with Gasteiger partial charge in [0.1, 0.15) is 5.76 Å². The van der Waals surface area contributed by atoms with E-state index in [0.29, 0.717) is 17.3 Å². The smallest absolute Gasteiger partial charge is 0.235 e. The molecule has 2 amide bonds. The van der Waals surface area contributed by atoms with Crippen molar-refractivity contribution in [2.24, 2.45) is 0 Å². The summed E-state index contributed by atoms with van der Waals surface area (Å²) in [5.41, 5.74) is 2.44. The van der Waals surface area contributed by atoms with Crippen molar-refractivity contribution >= 4 is 29.4 Å².